The smallest absolute Gasteiger partial charge is 0.407 e. The van der Waals surface area contributed by atoms with Gasteiger partial charge in [0.15, 0.2) is 0 Å². The first-order valence-corrected chi connectivity index (χ1v) is 6.75. The van der Waals surface area contributed by atoms with Gasteiger partial charge in [0.05, 0.1) is 7.11 Å². The third-order valence-corrected chi connectivity index (χ3v) is 3.71. The van der Waals surface area contributed by atoms with Gasteiger partial charge < -0.3 is 15.4 Å². The molecule has 0 aromatic carbocycles. The van der Waals surface area contributed by atoms with E-state index in [2.05, 4.69) is 36.1 Å². The van der Waals surface area contributed by atoms with E-state index in [-0.39, 0.29) is 28.9 Å². The topological polar surface area (TPSA) is 67.4 Å². The Balaban J connectivity index is 2.71. The Bertz CT molecular complexity index is 355. The van der Waals surface area contributed by atoms with E-state index in [1.165, 1.54) is 14.0 Å². The minimum absolute atomic E-state index is 0.000885. The van der Waals surface area contributed by atoms with Gasteiger partial charge in [-0.1, -0.05) is 20.8 Å². The molecule has 19 heavy (non-hydrogen) atoms. The summed E-state index contributed by atoms with van der Waals surface area (Å²) in [5.74, 6) is -0.0120. The fourth-order valence-electron chi connectivity index (χ4n) is 3.43. The molecule has 0 spiro atoms. The molecular formula is C14H26N2O3. The summed E-state index contributed by atoms with van der Waals surface area (Å²) in [6.45, 7) is 8.73. The van der Waals surface area contributed by atoms with Crippen LogP contribution >= 0.6 is 0 Å². The molecule has 1 aliphatic carbocycles. The molecule has 0 aromatic rings. The highest BCUT2D eigenvalue weighted by molar-refractivity contribution is 5.72. The van der Waals surface area contributed by atoms with Gasteiger partial charge in [0.25, 0.3) is 0 Å². The molecule has 2 N–H and O–H groups in total. The van der Waals surface area contributed by atoms with Gasteiger partial charge in [0, 0.05) is 19.5 Å². The average molecular weight is 270 g/mol. The lowest BCUT2D eigenvalue weighted by Crippen LogP contribution is -2.50. The Morgan fingerprint density at radius 3 is 2.42 bits per heavy atom. The molecule has 2 amide bonds. The summed E-state index contributed by atoms with van der Waals surface area (Å²) in [6.07, 6.45) is 2.42. The largest absolute Gasteiger partial charge is 0.453 e. The highest BCUT2D eigenvalue weighted by Crippen LogP contribution is 2.45. The molecular weight excluding hydrogens is 244 g/mol. The van der Waals surface area contributed by atoms with E-state index >= 15 is 0 Å². The third kappa shape index (κ3) is 5.09. The van der Waals surface area contributed by atoms with Crippen molar-refractivity contribution >= 4 is 12.0 Å². The zero-order chi connectivity index (χ0) is 14.7. The van der Waals surface area contributed by atoms with Crippen molar-refractivity contribution in [3.8, 4) is 0 Å². The zero-order valence-corrected chi connectivity index (χ0v) is 12.6. The number of alkyl carbamates (subject to hydrolysis) is 1. The molecule has 1 aliphatic rings. The van der Waals surface area contributed by atoms with Crippen LogP contribution in [0.4, 0.5) is 4.79 Å². The lowest BCUT2D eigenvalue weighted by atomic mass is 9.62. The number of nitrogens with one attached hydrogen (secondary N) is 2. The number of hydrogen-bond acceptors (Lipinski definition) is 3. The number of carbonyl (C=O) groups excluding carboxylic acids is 2. The number of ether oxygens (including phenoxy) is 1. The van der Waals surface area contributed by atoms with Crippen LogP contribution in [0.15, 0.2) is 0 Å². The van der Waals surface area contributed by atoms with Crippen LogP contribution in [0.5, 0.6) is 0 Å². The molecule has 110 valence electrons. The van der Waals surface area contributed by atoms with E-state index in [1.807, 2.05) is 0 Å². The Hall–Kier alpha value is -1.26. The van der Waals surface area contributed by atoms with Gasteiger partial charge in [0.1, 0.15) is 0 Å². The number of carbonyl (C=O) groups is 2. The molecule has 0 aromatic heterocycles. The monoisotopic (exact) mass is 270 g/mol. The highest BCUT2D eigenvalue weighted by Gasteiger charge is 2.41. The molecule has 1 fully saturated rings. The van der Waals surface area contributed by atoms with Crippen molar-refractivity contribution in [2.45, 2.75) is 53.0 Å². The maximum Gasteiger partial charge on any atom is 0.407 e. The van der Waals surface area contributed by atoms with Crippen molar-refractivity contribution in [2.75, 3.05) is 13.7 Å². The van der Waals surface area contributed by atoms with Crippen molar-refractivity contribution in [1.82, 2.24) is 10.6 Å². The second-order valence-corrected chi connectivity index (χ2v) is 6.80. The third-order valence-electron chi connectivity index (χ3n) is 3.71. The molecule has 0 aliphatic heterocycles. The molecule has 0 saturated heterocycles. The molecule has 0 radical (unpaired) electrons. The molecule has 0 bridgehead atoms. The van der Waals surface area contributed by atoms with Crippen LogP contribution in [0.3, 0.4) is 0 Å². The first-order valence-electron chi connectivity index (χ1n) is 6.75. The molecule has 2 unspecified atom stereocenters. The number of rotatable bonds is 3. The summed E-state index contributed by atoms with van der Waals surface area (Å²) >= 11 is 0. The van der Waals surface area contributed by atoms with E-state index < -0.39 is 0 Å². The molecule has 1 saturated carbocycles. The second kappa shape index (κ2) is 5.80. The number of methoxy groups -OCH3 is 1. The van der Waals surface area contributed by atoms with Gasteiger partial charge in [-0.2, -0.15) is 0 Å². The Kier molecular flexibility index (Phi) is 4.82. The predicted octanol–water partition coefficient (Wildman–Crippen LogP) is 2.06. The van der Waals surface area contributed by atoms with Crippen molar-refractivity contribution in [1.29, 1.82) is 0 Å². The van der Waals surface area contributed by atoms with Gasteiger partial charge in [-0.05, 0) is 30.1 Å². The SMILES string of the molecule is COC(=O)NC1CC(C)(C)CC(C)(CNC(C)=O)C1. The summed E-state index contributed by atoms with van der Waals surface area (Å²) in [7, 11) is 1.37. The minimum atomic E-state index is -0.385. The van der Waals surface area contributed by atoms with Crippen molar-refractivity contribution in [3.05, 3.63) is 0 Å². The first kappa shape index (κ1) is 15.8. The maximum absolute atomic E-state index is 11.4. The van der Waals surface area contributed by atoms with E-state index in [0.717, 1.165) is 19.3 Å². The zero-order valence-electron chi connectivity index (χ0n) is 12.6. The summed E-state index contributed by atoms with van der Waals surface area (Å²) in [5.41, 5.74) is 0.135. The second-order valence-electron chi connectivity index (χ2n) is 6.80. The van der Waals surface area contributed by atoms with E-state index in [0.29, 0.717) is 6.54 Å². The maximum atomic E-state index is 11.4. The van der Waals surface area contributed by atoms with Crippen LogP contribution in [-0.2, 0) is 9.53 Å². The van der Waals surface area contributed by atoms with E-state index in [1.54, 1.807) is 0 Å². The van der Waals surface area contributed by atoms with Crippen molar-refractivity contribution in [2.24, 2.45) is 10.8 Å². The summed E-state index contributed by atoms with van der Waals surface area (Å²) in [6, 6.07) is 0.0926. The molecule has 5 heteroatoms. The van der Waals surface area contributed by atoms with Crippen molar-refractivity contribution < 1.29 is 14.3 Å². The molecule has 2 atom stereocenters. The minimum Gasteiger partial charge on any atom is -0.453 e. The van der Waals surface area contributed by atoms with Crippen LogP contribution in [0.25, 0.3) is 0 Å². The van der Waals surface area contributed by atoms with E-state index in [4.69, 9.17) is 0 Å². The van der Waals surface area contributed by atoms with Gasteiger partial charge in [-0.25, -0.2) is 4.79 Å². The quantitative estimate of drug-likeness (QED) is 0.825. The number of amides is 2. The molecule has 1 rings (SSSR count). The fraction of sp³-hybridized carbons (Fsp3) is 0.857. The Labute approximate surface area is 115 Å². The normalized spacial score (nSPS) is 29.4. The first-order chi connectivity index (χ1) is 8.66. The van der Waals surface area contributed by atoms with Crippen LogP contribution in [0.2, 0.25) is 0 Å². The summed E-state index contributed by atoms with van der Waals surface area (Å²) in [5, 5.41) is 5.79. The number of hydrogen-bond donors (Lipinski definition) is 2. The van der Waals surface area contributed by atoms with Crippen LogP contribution in [-0.4, -0.2) is 31.7 Å². The standard InChI is InChI=1S/C14H26N2O3/c1-10(17)15-9-14(4)7-11(16-12(18)19-5)6-13(2,3)8-14/h11H,6-9H2,1-5H3,(H,15,17)(H,16,18). The van der Waals surface area contributed by atoms with E-state index in [9.17, 15) is 9.59 Å². The lowest BCUT2D eigenvalue weighted by Gasteiger charge is -2.46. The van der Waals surface area contributed by atoms with Gasteiger partial charge in [-0.3, -0.25) is 4.79 Å². The average Bonchev–Trinajstić information content (AvgIpc) is 2.23. The van der Waals surface area contributed by atoms with Crippen molar-refractivity contribution in [3.63, 3.8) is 0 Å². The van der Waals surface area contributed by atoms with Gasteiger partial charge in [-0.15, -0.1) is 0 Å². The lowest BCUT2D eigenvalue weighted by molar-refractivity contribution is -0.119. The summed E-state index contributed by atoms with van der Waals surface area (Å²) < 4.78 is 4.67. The fourth-order valence-corrected chi connectivity index (χ4v) is 3.43. The van der Waals surface area contributed by atoms with Crippen LogP contribution in [0, 0.1) is 10.8 Å². The Morgan fingerprint density at radius 2 is 1.89 bits per heavy atom. The van der Waals surface area contributed by atoms with Gasteiger partial charge >= 0.3 is 6.09 Å². The Morgan fingerprint density at radius 1 is 1.26 bits per heavy atom. The highest BCUT2D eigenvalue weighted by atomic mass is 16.5. The molecule has 5 nitrogen and oxygen atoms in total. The van der Waals surface area contributed by atoms with Gasteiger partial charge in [0.2, 0.25) is 5.91 Å². The molecule has 0 heterocycles. The summed E-state index contributed by atoms with van der Waals surface area (Å²) in [4.78, 5) is 22.5. The van der Waals surface area contributed by atoms with Crippen LogP contribution < -0.4 is 10.6 Å². The van der Waals surface area contributed by atoms with Crippen LogP contribution in [0.1, 0.15) is 47.0 Å². The predicted molar refractivity (Wildman–Crippen MR) is 73.8 cm³/mol.